The van der Waals surface area contributed by atoms with Crippen LogP contribution in [0.1, 0.15) is 15.9 Å². The van der Waals surface area contributed by atoms with Gasteiger partial charge >= 0.3 is 12.0 Å². The molecular formula is C22H19ClN4O6S. The number of halogens is 1. The van der Waals surface area contributed by atoms with Gasteiger partial charge in [-0.25, -0.2) is 22.9 Å². The molecule has 0 radical (unpaired) electrons. The van der Waals surface area contributed by atoms with E-state index >= 15 is 0 Å². The molecule has 0 saturated carbocycles. The molecule has 0 bridgehead atoms. The molecule has 0 amide bonds. The number of benzene rings is 2. The van der Waals surface area contributed by atoms with E-state index in [0.717, 1.165) is 0 Å². The number of carbonyl (C=O) groups is 1. The molecule has 34 heavy (non-hydrogen) atoms. The number of aromatic amines is 1. The molecule has 0 aliphatic rings. The number of aryl methyl sites for hydroxylation is 1. The highest BCUT2D eigenvalue weighted by molar-refractivity contribution is 7.89. The lowest BCUT2D eigenvalue weighted by molar-refractivity contribution is 0.0695. The summed E-state index contributed by atoms with van der Waals surface area (Å²) in [4.78, 5) is 23.0. The van der Waals surface area contributed by atoms with Crippen LogP contribution in [0.5, 0.6) is 11.8 Å². The summed E-state index contributed by atoms with van der Waals surface area (Å²) >= 11 is 6.42. The standard InChI is InChI=1S/C22H19ClN4O6S/c1-12-5-6-14(10-16(12)21(29)30)33-22-25-18-11-17(23)19(26-20(18)27-22)13-3-2-4-15(9-13)34(31,32)24-7-8-28/h2-6,9-11,24,28H,7-8H2,1H3,(H,29,30)(H,25,26,27). The normalized spacial score (nSPS) is 11.6. The fraction of sp³-hybridized carbons (Fsp3) is 0.136. The van der Waals surface area contributed by atoms with E-state index in [0.29, 0.717) is 22.3 Å². The highest BCUT2D eigenvalue weighted by Gasteiger charge is 2.17. The van der Waals surface area contributed by atoms with Crippen molar-refractivity contribution in [3.8, 4) is 23.0 Å². The monoisotopic (exact) mass is 502 g/mol. The predicted molar refractivity (Wildman–Crippen MR) is 125 cm³/mol. The maximum Gasteiger partial charge on any atom is 0.336 e. The van der Waals surface area contributed by atoms with Gasteiger partial charge in [0.1, 0.15) is 5.75 Å². The smallest absolute Gasteiger partial charge is 0.336 e. The molecule has 4 rings (SSSR count). The highest BCUT2D eigenvalue weighted by atomic mass is 35.5. The number of H-pyrrole nitrogens is 1. The Labute approximate surface area is 199 Å². The Morgan fingerprint density at radius 1 is 1.18 bits per heavy atom. The van der Waals surface area contributed by atoms with Crippen molar-refractivity contribution in [1.82, 2.24) is 19.7 Å². The van der Waals surface area contributed by atoms with E-state index in [1.54, 1.807) is 37.3 Å². The van der Waals surface area contributed by atoms with Crippen molar-refractivity contribution >= 4 is 38.8 Å². The summed E-state index contributed by atoms with van der Waals surface area (Å²) in [5, 5.41) is 18.4. The van der Waals surface area contributed by atoms with Crippen LogP contribution in [0.2, 0.25) is 5.02 Å². The molecule has 0 atom stereocenters. The number of aromatic nitrogens is 3. The first-order chi connectivity index (χ1) is 16.2. The van der Waals surface area contributed by atoms with Crippen molar-refractivity contribution in [2.45, 2.75) is 11.8 Å². The minimum Gasteiger partial charge on any atom is -0.478 e. The van der Waals surface area contributed by atoms with E-state index < -0.39 is 16.0 Å². The first-order valence-corrected chi connectivity index (χ1v) is 11.8. The van der Waals surface area contributed by atoms with Gasteiger partial charge in [-0.2, -0.15) is 4.98 Å². The zero-order valence-corrected chi connectivity index (χ0v) is 19.3. The van der Waals surface area contributed by atoms with Crippen molar-refractivity contribution in [3.05, 3.63) is 64.7 Å². The number of ether oxygens (including phenoxy) is 1. The van der Waals surface area contributed by atoms with Gasteiger partial charge in [-0.05, 0) is 42.8 Å². The average molecular weight is 503 g/mol. The number of pyridine rings is 1. The molecule has 0 aliphatic carbocycles. The Balaban J connectivity index is 1.67. The molecule has 12 heteroatoms. The van der Waals surface area contributed by atoms with Crippen LogP contribution in [0.3, 0.4) is 0 Å². The van der Waals surface area contributed by atoms with Crippen LogP contribution >= 0.6 is 11.6 Å². The summed E-state index contributed by atoms with van der Waals surface area (Å²) in [5.41, 5.74) is 2.22. The minimum absolute atomic E-state index is 0.00364. The fourth-order valence-electron chi connectivity index (χ4n) is 3.23. The zero-order valence-electron chi connectivity index (χ0n) is 17.7. The summed E-state index contributed by atoms with van der Waals surface area (Å²) in [6, 6.07) is 12.4. The molecule has 4 aromatic rings. The van der Waals surface area contributed by atoms with Crippen molar-refractivity contribution in [1.29, 1.82) is 0 Å². The van der Waals surface area contributed by atoms with Gasteiger partial charge < -0.3 is 19.9 Å². The number of nitrogens with zero attached hydrogens (tertiary/aromatic N) is 2. The summed E-state index contributed by atoms with van der Waals surface area (Å²) in [6.07, 6.45) is 0. The zero-order chi connectivity index (χ0) is 24.5. The topological polar surface area (TPSA) is 154 Å². The van der Waals surface area contributed by atoms with Crippen molar-refractivity contribution < 1.29 is 28.2 Å². The number of rotatable bonds is 8. The van der Waals surface area contributed by atoms with Crippen LogP contribution in [0, 0.1) is 6.92 Å². The highest BCUT2D eigenvalue weighted by Crippen LogP contribution is 2.31. The number of carboxylic acids is 1. The second-order valence-electron chi connectivity index (χ2n) is 7.27. The van der Waals surface area contributed by atoms with Crippen LogP contribution in [0.25, 0.3) is 22.4 Å². The van der Waals surface area contributed by atoms with Crippen LogP contribution in [-0.2, 0) is 10.0 Å². The molecule has 2 aromatic carbocycles. The summed E-state index contributed by atoms with van der Waals surface area (Å²) in [6.45, 7) is 1.25. The van der Waals surface area contributed by atoms with Gasteiger partial charge in [0.2, 0.25) is 10.0 Å². The number of aliphatic hydroxyl groups excluding tert-OH is 1. The number of hydrogen-bond acceptors (Lipinski definition) is 7. The molecule has 10 nitrogen and oxygen atoms in total. The van der Waals surface area contributed by atoms with Crippen LogP contribution in [-0.4, -0.2) is 52.7 Å². The summed E-state index contributed by atoms with van der Waals surface area (Å²) in [7, 11) is -3.82. The summed E-state index contributed by atoms with van der Waals surface area (Å²) < 4.78 is 32.7. The van der Waals surface area contributed by atoms with Crippen LogP contribution in [0.15, 0.2) is 53.4 Å². The van der Waals surface area contributed by atoms with Crippen molar-refractivity contribution in [2.75, 3.05) is 13.2 Å². The molecule has 0 unspecified atom stereocenters. The van der Waals surface area contributed by atoms with Crippen molar-refractivity contribution in [3.63, 3.8) is 0 Å². The number of hydrogen-bond donors (Lipinski definition) is 4. The average Bonchev–Trinajstić information content (AvgIpc) is 3.19. The number of aliphatic hydroxyl groups is 1. The van der Waals surface area contributed by atoms with Gasteiger partial charge in [0.05, 0.1) is 33.3 Å². The molecule has 2 aromatic heterocycles. The number of nitrogens with one attached hydrogen (secondary N) is 2. The molecule has 176 valence electrons. The van der Waals surface area contributed by atoms with Gasteiger partial charge in [-0.3, -0.25) is 0 Å². The molecule has 4 N–H and O–H groups in total. The molecular weight excluding hydrogens is 484 g/mol. The SMILES string of the molecule is Cc1ccc(Oc2nc3nc(-c4cccc(S(=O)(=O)NCCO)c4)c(Cl)cc3[nH]2)cc1C(=O)O. The predicted octanol–water partition coefficient (Wildman–Crippen LogP) is 3.35. The largest absolute Gasteiger partial charge is 0.478 e. The van der Waals surface area contributed by atoms with E-state index in [4.69, 9.17) is 21.4 Å². The lowest BCUT2D eigenvalue weighted by atomic mass is 10.1. The molecule has 0 saturated heterocycles. The first-order valence-electron chi connectivity index (χ1n) is 9.97. The number of sulfonamides is 1. The summed E-state index contributed by atoms with van der Waals surface area (Å²) in [5.74, 6) is -0.789. The second kappa shape index (κ2) is 9.39. The lowest BCUT2D eigenvalue weighted by Gasteiger charge is -2.08. The van der Waals surface area contributed by atoms with E-state index in [1.807, 2.05) is 0 Å². The Morgan fingerprint density at radius 2 is 1.97 bits per heavy atom. The number of fused-ring (bicyclic) bond motifs is 1. The van der Waals surface area contributed by atoms with E-state index in [-0.39, 0.29) is 46.0 Å². The van der Waals surface area contributed by atoms with Gasteiger partial charge in [-0.1, -0.05) is 29.8 Å². The third kappa shape index (κ3) is 4.87. The van der Waals surface area contributed by atoms with Gasteiger partial charge in [0.25, 0.3) is 0 Å². The Bertz CT molecular complexity index is 1500. The quantitative estimate of drug-likeness (QED) is 0.286. The Hall–Kier alpha value is -3.51. The molecule has 2 heterocycles. The Kier molecular flexibility index (Phi) is 6.53. The second-order valence-corrected chi connectivity index (χ2v) is 9.44. The molecule has 0 spiro atoms. The Morgan fingerprint density at radius 3 is 2.71 bits per heavy atom. The fourth-order valence-corrected chi connectivity index (χ4v) is 4.55. The molecule has 0 fully saturated rings. The third-order valence-corrected chi connectivity index (χ3v) is 6.63. The van der Waals surface area contributed by atoms with Gasteiger partial charge in [-0.15, -0.1) is 0 Å². The number of carboxylic acid groups (broad SMARTS) is 1. The van der Waals surface area contributed by atoms with Crippen LogP contribution in [0.4, 0.5) is 0 Å². The van der Waals surface area contributed by atoms with Gasteiger partial charge in [0.15, 0.2) is 5.65 Å². The first kappa shape index (κ1) is 23.6. The number of imidazole rings is 1. The van der Waals surface area contributed by atoms with E-state index in [9.17, 15) is 18.3 Å². The van der Waals surface area contributed by atoms with E-state index in [1.165, 1.54) is 18.2 Å². The lowest BCUT2D eigenvalue weighted by Crippen LogP contribution is -2.26. The van der Waals surface area contributed by atoms with Crippen LogP contribution < -0.4 is 9.46 Å². The maximum absolute atomic E-state index is 12.4. The maximum atomic E-state index is 12.4. The van der Waals surface area contributed by atoms with E-state index in [2.05, 4.69) is 19.7 Å². The molecule has 0 aliphatic heterocycles. The minimum atomic E-state index is -3.82. The number of aromatic carboxylic acids is 1. The van der Waals surface area contributed by atoms with Gasteiger partial charge in [0, 0.05) is 12.1 Å². The van der Waals surface area contributed by atoms with Crippen molar-refractivity contribution in [2.24, 2.45) is 0 Å². The third-order valence-electron chi connectivity index (χ3n) is 4.88.